The van der Waals surface area contributed by atoms with Gasteiger partial charge >= 0.3 is 0 Å². The molecule has 11 aliphatic rings. The number of nitrogens with one attached hydrogen (secondary N) is 2. The number of hydrogen-bond donors (Lipinski definition) is 9. The van der Waals surface area contributed by atoms with Crippen molar-refractivity contribution >= 4 is 39.4 Å². The Kier molecular flexibility index (Phi) is 11.5. The molecule has 14 nitrogen and oxygen atoms in total. The molecule has 5 aliphatic heterocycles. The molecule has 3 spiro atoms. The lowest BCUT2D eigenvalue weighted by Gasteiger charge is -2.59. The van der Waals surface area contributed by atoms with E-state index in [1.54, 1.807) is 24.3 Å². The fraction of sp³-hybridized carbons (Fsp3) is 0.537. The van der Waals surface area contributed by atoms with Gasteiger partial charge in [-0.2, -0.15) is 0 Å². The van der Waals surface area contributed by atoms with Crippen LogP contribution in [0.4, 0.5) is 0 Å². The standard InChI is InChI=1S/C54H60N2O12S2/c57-14-4-10-40-54-35(17-29(18-39(54)61)16-27-5-1-6-28(15-27)23-58)45(62)34-8-2-9-36(43(34)47(54)64)67-50-48(65)53(66,46(63)37(25-60)68-50)26-52-32-12-11-30-22-55-49-42(44(30)52)31(20-41(56-49)70-69-40)19-38(52)51(21-32)13-3-7-33(51)24-59/h1-2,5-6,8-9,15,17-19,24,32-33,35,37-38,40-41,46,48,50,55-58,60-61,63,65-66H,3-4,7,10-14,16,20-23,25-26H2/t32-,33-,35-,37-,38-,40+,41-,46-,48+,50-,51+,52+,53+,54+/m1/s1. The molecule has 370 valence electrons. The minimum Gasteiger partial charge on any atom is -0.511 e. The highest BCUT2D eigenvalue weighted by Gasteiger charge is 2.72. The molecule has 6 aliphatic carbocycles. The number of benzene rings is 2. The second-order valence-electron chi connectivity index (χ2n) is 21.5. The van der Waals surface area contributed by atoms with Gasteiger partial charge in [0.15, 0.2) is 11.6 Å². The van der Waals surface area contributed by atoms with Crippen LogP contribution >= 0.6 is 21.6 Å². The molecule has 70 heavy (non-hydrogen) atoms. The molecule has 16 heteroatoms. The number of ether oxygens (including phenoxy) is 2. The Hall–Kier alpha value is -4.23. The normalized spacial score (nSPS) is 40.1. The van der Waals surface area contributed by atoms with Crippen LogP contribution in [0.5, 0.6) is 5.75 Å². The van der Waals surface area contributed by atoms with Gasteiger partial charge in [-0.05, 0) is 121 Å². The first-order valence-corrected chi connectivity index (χ1v) is 27.2. The van der Waals surface area contributed by atoms with Crippen LogP contribution in [0.3, 0.4) is 0 Å². The molecule has 2 saturated carbocycles. The number of carbonyl (C=O) groups excluding carboxylic acids is 3. The average Bonchev–Trinajstić information content (AvgIpc) is 3.90. The largest absolute Gasteiger partial charge is 0.511 e. The zero-order valence-corrected chi connectivity index (χ0v) is 40.4. The Morgan fingerprint density at radius 3 is 2.61 bits per heavy atom. The fourth-order valence-corrected chi connectivity index (χ4v) is 18.8. The molecule has 3 fully saturated rings. The number of aliphatic hydroxyl groups excluding tert-OH is 6. The van der Waals surface area contributed by atoms with E-state index in [1.165, 1.54) is 39.3 Å². The van der Waals surface area contributed by atoms with Gasteiger partial charge in [0.05, 0.1) is 30.1 Å². The van der Waals surface area contributed by atoms with Gasteiger partial charge < -0.3 is 60.6 Å². The number of rotatable bonds is 8. The summed E-state index contributed by atoms with van der Waals surface area (Å²) < 4.78 is 12.8. The molecule has 0 radical (unpaired) electrons. The zero-order chi connectivity index (χ0) is 48.5. The maximum atomic E-state index is 16.0. The van der Waals surface area contributed by atoms with Crippen LogP contribution < -0.4 is 15.4 Å². The van der Waals surface area contributed by atoms with Gasteiger partial charge in [-0.15, -0.1) is 0 Å². The second kappa shape index (κ2) is 17.2. The molecule has 0 amide bonds. The third-order valence-electron chi connectivity index (χ3n) is 18.3. The maximum Gasteiger partial charge on any atom is 0.229 e. The first-order valence-electron chi connectivity index (χ1n) is 25.0. The molecule has 9 N–H and O–H groups in total. The smallest absolute Gasteiger partial charge is 0.229 e. The minimum absolute atomic E-state index is 0.0226. The van der Waals surface area contributed by atoms with E-state index in [-0.39, 0.29) is 78.2 Å². The van der Waals surface area contributed by atoms with Crippen molar-refractivity contribution in [2.24, 2.45) is 39.9 Å². The predicted molar refractivity (Wildman–Crippen MR) is 260 cm³/mol. The van der Waals surface area contributed by atoms with Crippen molar-refractivity contribution in [2.45, 2.75) is 118 Å². The van der Waals surface area contributed by atoms with Crippen LogP contribution in [-0.4, -0.2) is 114 Å². The van der Waals surface area contributed by atoms with E-state index in [1.807, 2.05) is 18.2 Å². The van der Waals surface area contributed by atoms with Crippen molar-refractivity contribution in [1.82, 2.24) is 10.6 Å². The number of ketones is 2. The van der Waals surface area contributed by atoms with Crippen LogP contribution in [0, 0.1) is 39.9 Å². The van der Waals surface area contributed by atoms with Gasteiger partial charge in [-0.3, -0.25) is 9.59 Å². The Bertz CT molecular complexity index is 2740. The summed E-state index contributed by atoms with van der Waals surface area (Å²) >= 11 is 0. The summed E-state index contributed by atoms with van der Waals surface area (Å²) in [4.78, 5) is 44.6. The molecule has 0 aromatic heterocycles. The lowest BCUT2D eigenvalue weighted by Crippen LogP contribution is -2.70. The van der Waals surface area contributed by atoms with Crippen molar-refractivity contribution in [3.8, 4) is 5.75 Å². The number of dihydropyridines is 1. The van der Waals surface area contributed by atoms with E-state index in [2.05, 4.69) is 16.7 Å². The number of aldehydes is 1. The molecule has 5 heterocycles. The first kappa shape index (κ1) is 46.8. The van der Waals surface area contributed by atoms with Gasteiger partial charge in [-0.1, -0.05) is 76.6 Å². The summed E-state index contributed by atoms with van der Waals surface area (Å²) in [5.41, 5.74) is 0.896. The SMILES string of the molecule is O=C[C@H]1CCC[C@]12C[C@H]1CCC3=C4C5=C(NC3)N[C@H]3CC5=C[C@H]2[C@@]41C[C@]1(O)[C@H](O)[C@@H](CO)O[C@@H](Oc2cccc4c2C(=O)[C@@]2(C(O)=CC(Cc5cccc(CO)c5)=C[C@@H]2C4=O)[C@H](CCCO)SS3)[C@@H]1O. The third kappa shape index (κ3) is 6.49. The van der Waals surface area contributed by atoms with Crippen molar-refractivity contribution in [3.63, 3.8) is 0 Å². The molecular formula is C54H60N2O12S2. The van der Waals surface area contributed by atoms with Gasteiger partial charge in [0.25, 0.3) is 0 Å². The fourth-order valence-electron chi connectivity index (χ4n) is 15.4. The van der Waals surface area contributed by atoms with Crippen LogP contribution in [0.15, 0.2) is 100 Å². The van der Waals surface area contributed by atoms with Crippen molar-refractivity contribution in [2.75, 3.05) is 19.8 Å². The molecule has 13 rings (SSSR count). The monoisotopic (exact) mass is 992 g/mol. The lowest BCUT2D eigenvalue weighted by molar-refractivity contribution is -0.321. The minimum atomic E-state index is -2.36. The van der Waals surface area contributed by atoms with E-state index >= 15 is 9.59 Å². The number of Topliss-reactive ketones (excluding diaryl/α,β-unsaturated/α-hetero) is 2. The summed E-state index contributed by atoms with van der Waals surface area (Å²) in [6.07, 6.45) is 5.85. The van der Waals surface area contributed by atoms with Crippen molar-refractivity contribution in [1.29, 1.82) is 0 Å². The molecule has 1 saturated heterocycles. The summed E-state index contributed by atoms with van der Waals surface area (Å²) in [6, 6.07) is 12.0. The van der Waals surface area contributed by atoms with Crippen LogP contribution in [-0.2, 0) is 22.6 Å². The Morgan fingerprint density at radius 2 is 1.81 bits per heavy atom. The van der Waals surface area contributed by atoms with Crippen LogP contribution in [0.2, 0.25) is 0 Å². The van der Waals surface area contributed by atoms with Crippen molar-refractivity contribution < 1.29 is 59.6 Å². The number of fused-ring (bicyclic) bond motifs is 2. The number of aliphatic hydroxyl groups is 7. The highest BCUT2D eigenvalue weighted by Crippen LogP contribution is 2.76. The number of allylic oxidation sites excluding steroid dienone is 7. The molecule has 2 aromatic carbocycles. The maximum absolute atomic E-state index is 16.0. The van der Waals surface area contributed by atoms with Gasteiger partial charge in [-0.25, -0.2) is 0 Å². The van der Waals surface area contributed by atoms with E-state index in [9.17, 15) is 40.5 Å². The number of hydrogen-bond acceptors (Lipinski definition) is 16. The summed E-state index contributed by atoms with van der Waals surface area (Å²) in [5.74, 6) is -2.37. The Labute approximate surface area is 413 Å². The highest BCUT2D eigenvalue weighted by molar-refractivity contribution is 8.77. The molecule has 14 atom stereocenters. The van der Waals surface area contributed by atoms with E-state index in [0.717, 1.165) is 72.9 Å². The third-order valence-corrected chi connectivity index (χ3v) is 21.5. The van der Waals surface area contributed by atoms with E-state index in [4.69, 9.17) is 9.47 Å². The van der Waals surface area contributed by atoms with Gasteiger partial charge in [0, 0.05) is 47.3 Å². The zero-order valence-electron chi connectivity index (χ0n) is 38.7. The quantitative estimate of drug-likeness (QED) is 0.125. The van der Waals surface area contributed by atoms with Gasteiger partial charge in [0.1, 0.15) is 52.9 Å². The average molecular weight is 993 g/mol. The first-order chi connectivity index (χ1) is 33.9. The van der Waals surface area contributed by atoms with E-state index in [0.29, 0.717) is 30.5 Å². The Balaban J connectivity index is 1.06. The molecule has 10 bridgehead atoms. The topological polar surface area (TPSA) is 235 Å². The molecule has 2 aromatic rings. The van der Waals surface area contributed by atoms with E-state index < -0.39 is 75.8 Å². The van der Waals surface area contributed by atoms with Crippen LogP contribution in [0.25, 0.3) is 0 Å². The highest BCUT2D eigenvalue weighted by atomic mass is 33.1. The Morgan fingerprint density at radius 1 is 0.986 bits per heavy atom. The number of carbonyl (C=O) groups is 3. The second-order valence-corrected chi connectivity index (χ2v) is 24.2. The summed E-state index contributed by atoms with van der Waals surface area (Å²) in [7, 11) is 2.92. The molecular weight excluding hydrogens is 933 g/mol. The lowest BCUT2D eigenvalue weighted by atomic mass is 9.49. The summed E-state index contributed by atoms with van der Waals surface area (Å²) in [5, 5.41) is 88.8. The summed E-state index contributed by atoms with van der Waals surface area (Å²) in [6.45, 7) is -0.592. The predicted octanol–water partition coefficient (Wildman–Crippen LogP) is 5.03. The van der Waals surface area contributed by atoms with Crippen molar-refractivity contribution in [3.05, 3.63) is 122 Å². The van der Waals surface area contributed by atoms with Gasteiger partial charge in [0.2, 0.25) is 6.29 Å². The van der Waals surface area contributed by atoms with Crippen LogP contribution in [0.1, 0.15) is 96.1 Å². The molecule has 0 unspecified atom stereocenters.